The van der Waals surface area contributed by atoms with Gasteiger partial charge in [0.15, 0.2) is 0 Å². The molecule has 0 N–H and O–H groups in total. The van der Waals surface area contributed by atoms with Crippen molar-refractivity contribution in [1.29, 1.82) is 0 Å². The first-order valence-corrected chi connectivity index (χ1v) is 10.1. The zero-order chi connectivity index (χ0) is 21.4. The highest BCUT2D eigenvalue weighted by molar-refractivity contribution is 6.05. The highest BCUT2D eigenvalue weighted by Crippen LogP contribution is 2.27. The molecule has 0 saturated heterocycles. The van der Waals surface area contributed by atoms with Crippen LogP contribution in [0.25, 0.3) is 21.9 Å². The van der Waals surface area contributed by atoms with Gasteiger partial charge in [0.2, 0.25) is 0 Å². The second-order valence-electron chi connectivity index (χ2n) is 7.51. The Morgan fingerprint density at radius 3 is 2.48 bits per heavy atom. The molecule has 0 unspecified atom stereocenters. The molecule has 0 aliphatic heterocycles. The third kappa shape index (κ3) is 3.50. The van der Waals surface area contributed by atoms with Gasteiger partial charge < -0.3 is 4.57 Å². The summed E-state index contributed by atoms with van der Waals surface area (Å²) in [6.45, 7) is 0.610. The van der Waals surface area contributed by atoms with E-state index in [4.69, 9.17) is 0 Å². The Morgan fingerprint density at radius 2 is 1.68 bits per heavy atom. The van der Waals surface area contributed by atoms with Crippen LogP contribution < -0.4 is 5.56 Å². The number of aryl methyl sites for hydroxylation is 2. The zero-order valence-corrected chi connectivity index (χ0v) is 16.6. The van der Waals surface area contributed by atoms with Crippen LogP contribution in [0.3, 0.4) is 0 Å². The van der Waals surface area contributed by atoms with E-state index in [9.17, 15) is 13.6 Å². The highest BCUT2D eigenvalue weighted by atomic mass is 19.1. The average molecular weight is 415 g/mol. The molecule has 31 heavy (non-hydrogen) atoms. The maximum atomic E-state index is 14.4. The van der Waals surface area contributed by atoms with E-state index in [1.54, 1.807) is 33.4 Å². The smallest absolute Gasteiger partial charge is 0.277 e. The van der Waals surface area contributed by atoms with Crippen LogP contribution in [0.1, 0.15) is 11.1 Å². The number of hydrogen-bond acceptors (Lipinski definition) is 2. The fourth-order valence-electron chi connectivity index (χ4n) is 3.99. The predicted octanol–water partition coefficient (Wildman–Crippen LogP) is 4.92. The minimum absolute atomic E-state index is 0.151. The summed E-state index contributed by atoms with van der Waals surface area (Å²) in [6.07, 6.45) is 2.18. The van der Waals surface area contributed by atoms with Crippen molar-refractivity contribution in [2.45, 2.75) is 19.5 Å². The van der Waals surface area contributed by atoms with Gasteiger partial charge in [-0.2, -0.15) is 0 Å². The van der Waals surface area contributed by atoms with Gasteiger partial charge in [0.05, 0.1) is 18.4 Å². The first kappa shape index (κ1) is 19.2. The molecule has 0 bridgehead atoms. The normalized spacial score (nSPS) is 11.4. The van der Waals surface area contributed by atoms with Gasteiger partial charge in [-0.15, -0.1) is 0 Å². The van der Waals surface area contributed by atoms with Crippen LogP contribution in [0, 0.1) is 11.6 Å². The van der Waals surface area contributed by atoms with Gasteiger partial charge in [-0.25, -0.2) is 13.8 Å². The summed E-state index contributed by atoms with van der Waals surface area (Å²) in [7, 11) is 0. The quantitative estimate of drug-likeness (QED) is 0.409. The number of aromatic nitrogens is 3. The van der Waals surface area contributed by atoms with Crippen molar-refractivity contribution >= 4 is 21.9 Å². The molecule has 2 aromatic heterocycles. The monoisotopic (exact) mass is 415 g/mol. The fraction of sp³-hybridized carbons (Fsp3) is 0.120. The summed E-state index contributed by atoms with van der Waals surface area (Å²) in [5, 5.41) is 0.540. The number of rotatable bonds is 5. The SMILES string of the molecule is O=c1c2c(ncn1CCc1ccccc1)c1cc(F)ccc1n2Cc1ccccc1F. The lowest BCUT2D eigenvalue weighted by atomic mass is 10.1. The van der Waals surface area contributed by atoms with Gasteiger partial charge in [0.25, 0.3) is 5.56 Å². The van der Waals surface area contributed by atoms with Crippen LogP contribution in [0.4, 0.5) is 8.78 Å². The molecule has 4 nitrogen and oxygen atoms in total. The second-order valence-corrected chi connectivity index (χ2v) is 7.51. The molecule has 5 aromatic rings. The van der Waals surface area contributed by atoms with Crippen LogP contribution in [0.2, 0.25) is 0 Å². The third-order valence-electron chi connectivity index (χ3n) is 5.56. The van der Waals surface area contributed by atoms with Crippen LogP contribution in [-0.4, -0.2) is 14.1 Å². The number of fused-ring (bicyclic) bond motifs is 3. The molecule has 154 valence electrons. The van der Waals surface area contributed by atoms with Gasteiger partial charge >= 0.3 is 0 Å². The van der Waals surface area contributed by atoms with Crippen molar-refractivity contribution in [3.8, 4) is 0 Å². The van der Waals surface area contributed by atoms with E-state index in [0.29, 0.717) is 40.5 Å². The van der Waals surface area contributed by atoms with Crippen LogP contribution in [-0.2, 0) is 19.5 Å². The summed E-state index contributed by atoms with van der Waals surface area (Å²) >= 11 is 0. The van der Waals surface area contributed by atoms with Crippen molar-refractivity contribution in [1.82, 2.24) is 14.1 Å². The molecule has 0 spiro atoms. The third-order valence-corrected chi connectivity index (χ3v) is 5.56. The summed E-state index contributed by atoms with van der Waals surface area (Å²) < 4.78 is 31.6. The van der Waals surface area contributed by atoms with E-state index >= 15 is 0 Å². The maximum absolute atomic E-state index is 14.4. The van der Waals surface area contributed by atoms with E-state index in [1.807, 2.05) is 30.3 Å². The lowest BCUT2D eigenvalue weighted by Crippen LogP contribution is -2.23. The topological polar surface area (TPSA) is 39.8 Å². The van der Waals surface area contributed by atoms with Gasteiger partial charge in [-0.3, -0.25) is 9.36 Å². The molecule has 6 heteroatoms. The van der Waals surface area contributed by atoms with Crippen molar-refractivity contribution in [3.05, 3.63) is 112 Å². The molecule has 0 radical (unpaired) electrons. The molecular formula is C25H19F2N3O. The molecule has 0 amide bonds. The summed E-state index contributed by atoms with van der Waals surface area (Å²) in [4.78, 5) is 17.9. The van der Waals surface area contributed by atoms with Crippen molar-refractivity contribution in [2.75, 3.05) is 0 Å². The van der Waals surface area contributed by atoms with Gasteiger partial charge in [0, 0.05) is 17.5 Å². The average Bonchev–Trinajstić information content (AvgIpc) is 3.09. The van der Waals surface area contributed by atoms with Crippen molar-refractivity contribution < 1.29 is 8.78 Å². The number of hydrogen-bond donors (Lipinski definition) is 0. The highest BCUT2D eigenvalue weighted by Gasteiger charge is 2.18. The number of halogens is 2. The minimum Gasteiger partial charge on any atom is -0.330 e. The van der Waals surface area contributed by atoms with E-state index in [0.717, 1.165) is 5.56 Å². The van der Waals surface area contributed by atoms with E-state index in [1.165, 1.54) is 24.5 Å². The molecule has 0 saturated carbocycles. The van der Waals surface area contributed by atoms with E-state index in [-0.39, 0.29) is 17.9 Å². The summed E-state index contributed by atoms with van der Waals surface area (Å²) in [5.41, 5.74) is 2.75. The molecule has 0 aliphatic carbocycles. The van der Waals surface area contributed by atoms with Crippen LogP contribution in [0.15, 0.2) is 83.9 Å². The Kier molecular flexibility index (Phi) is 4.82. The Morgan fingerprint density at radius 1 is 0.903 bits per heavy atom. The second kappa shape index (κ2) is 7.80. The van der Waals surface area contributed by atoms with Crippen molar-refractivity contribution in [3.63, 3.8) is 0 Å². The summed E-state index contributed by atoms with van der Waals surface area (Å²) in [5.74, 6) is -0.764. The molecule has 0 atom stereocenters. The predicted molar refractivity (Wildman–Crippen MR) is 117 cm³/mol. The summed E-state index contributed by atoms with van der Waals surface area (Å²) in [6, 6.07) is 20.7. The van der Waals surface area contributed by atoms with Gasteiger partial charge in [0.1, 0.15) is 22.7 Å². The molecular weight excluding hydrogens is 396 g/mol. The zero-order valence-electron chi connectivity index (χ0n) is 16.6. The fourth-order valence-corrected chi connectivity index (χ4v) is 3.99. The van der Waals surface area contributed by atoms with Crippen LogP contribution >= 0.6 is 0 Å². The molecule has 0 aliphatic rings. The van der Waals surface area contributed by atoms with Crippen molar-refractivity contribution in [2.24, 2.45) is 0 Å². The Balaban J connectivity index is 1.67. The van der Waals surface area contributed by atoms with Crippen LogP contribution in [0.5, 0.6) is 0 Å². The lowest BCUT2D eigenvalue weighted by molar-refractivity contribution is 0.602. The Labute approximate surface area is 177 Å². The van der Waals surface area contributed by atoms with E-state index < -0.39 is 5.82 Å². The maximum Gasteiger partial charge on any atom is 0.277 e. The molecule has 0 fully saturated rings. The van der Waals surface area contributed by atoms with Gasteiger partial charge in [-0.05, 0) is 36.2 Å². The number of benzene rings is 3. The molecule has 2 heterocycles. The van der Waals surface area contributed by atoms with E-state index in [2.05, 4.69) is 4.98 Å². The largest absolute Gasteiger partial charge is 0.330 e. The molecule has 5 rings (SSSR count). The number of nitrogens with zero attached hydrogens (tertiary/aromatic N) is 3. The first-order valence-electron chi connectivity index (χ1n) is 10.1. The minimum atomic E-state index is -0.410. The standard InChI is InChI=1S/C25H19F2N3O/c26-19-10-11-22-20(14-19)23-24(30(22)15-18-8-4-5-9-21(18)27)25(31)29(16-28-23)13-12-17-6-2-1-3-7-17/h1-11,14,16H,12-13,15H2. The Hall–Kier alpha value is -3.80. The first-order chi connectivity index (χ1) is 15.1. The van der Waals surface area contributed by atoms with Gasteiger partial charge in [-0.1, -0.05) is 48.5 Å². The lowest BCUT2D eigenvalue weighted by Gasteiger charge is -2.10. The molecule has 3 aromatic carbocycles. The Bertz CT molecular complexity index is 1450.